The molecule has 1 aromatic heterocycles. The summed E-state index contributed by atoms with van der Waals surface area (Å²) in [5, 5.41) is 4.60. The van der Waals surface area contributed by atoms with Crippen molar-refractivity contribution in [2.24, 2.45) is 0 Å². The molecule has 3 nitrogen and oxygen atoms in total. The molecule has 3 rings (SSSR count). The number of hydrogen-bond donors (Lipinski definition) is 3. The van der Waals surface area contributed by atoms with Crippen LogP contribution in [0.3, 0.4) is 0 Å². The van der Waals surface area contributed by atoms with Crippen molar-refractivity contribution >= 4 is 22.3 Å². The Balaban J connectivity index is 1.78. The second-order valence-electron chi connectivity index (χ2n) is 4.33. The first-order chi connectivity index (χ1) is 8.83. The summed E-state index contributed by atoms with van der Waals surface area (Å²) in [5.41, 5.74) is 10.1. The Hall–Kier alpha value is -2.42. The minimum atomic E-state index is 0.739. The van der Waals surface area contributed by atoms with Crippen LogP contribution >= 0.6 is 0 Å². The molecule has 0 saturated carbocycles. The second kappa shape index (κ2) is 4.45. The van der Waals surface area contributed by atoms with Gasteiger partial charge in [-0.05, 0) is 35.9 Å². The van der Waals surface area contributed by atoms with Gasteiger partial charge in [-0.2, -0.15) is 0 Å². The summed E-state index contributed by atoms with van der Waals surface area (Å²) in [7, 11) is 0. The molecule has 0 fully saturated rings. The van der Waals surface area contributed by atoms with Gasteiger partial charge in [0.2, 0.25) is 0 Å². The van der Waals surface area contributed by atoms with Crippen LogP contribution in [0.5, 0.6) is 0 Å². The number of rotatable bonds is 3. The number of H-pyrrole nitrogens is 1. The zero-order valence-corrected chi connectivity index (χ0v) is 9.98. The molecule has 0 unspecified atom stereocenters. The fourth-order valence-electron chi connectivity index (χ4n) is 2.06. The summed E-state index contributed by atoms with van der Waals surface area (Å²) in [6.45, 7) is 0.739. The highest BCUT2D eigenvalue weighted by Crippen LogP contribution is 2.19. The molecule has 90 valence electrons. The van der Waals surface area contributed by atoms with Crippen LogP contribution in [0.2, 0.25) is 0 Å². The average molecular weight is 237 g/mol. The predicted molar refractivity (Wildman–Crippen MR) is 76.5 cm³/mol. The maximum Gasteiger partial charge on any atom is 0.0455 e. The molecular weight excluding hydrogens is 222 g/mol. The van der Waals surface area contributed by atoms with Gasteiger partial charge < -0.3 is 16.0 Å². The average Bonchev–Trinajstić information content (AvgIpc) is 2.85. The number of anilines is 2. The molecular formula is C15H15N3. The smallest absolute Gasteiger partial charge is 0.0455 e. The van der Waals surface area contributed by atoms with Crippen molar-refractivity contribution in [2.75, 3.05) is 11.1 Å². The number of para-hydroxylation sites is 1. The van der Waals surface area contributed by atoms with E-state index >= 15 is 0 Å². The van der Waals surface area contributed by atoms with Gasteiger partial charge in [0, 0.05) is 35.0 Å². The minimum Gasteiger partial charge on any atom is -0.398 e. The number of fused-ring (bicyclic) bond motifs is 1. The molecule has 0 amide bonds. The van der Waals surface area contributed by atoms with E-state index in [9.17, 15) is 0 Å². The summed E-state index contributed by atoms with van der Waals surface area (Å²) < 4.78 is 0. The monoisotopic (exact) mass is 237 g/mol. The van der Waals surface area contributed by atoms with Crippen LogP contribution in [0, 0.1) is 0 Å². The van der Waals surface area contributed by atoms with Gasteiger partial charge in [-0.1, -0.05) is 18.2 Å². The summed E-state index contributed by atoms with van der Waals surface area (Å²) in [5.74, 6) is 0. The summed E-state index contributed by atoms with van der Waals surface area (Å²) in [4.78, 5) is 3.18. The lowest BCUT2D eigenvalue weighted by Gasteiger charge is -2.08. The van der Waals surface area contributed by atoms with Gasteiger partial charge in [0.15, 0.2) is 0 Å². The third-order valence-electron chi connectivity index (χ3n) is 3.09. The Morgan fingerprint density at radius 2 is 1.94 bits per heavy atom. The molecule has 3 heteroatoms. The standard InChI is InChI=1S/C15H15N3/c16-14-4-2-1-3-12(14)10-18-13-5-6-15-11(9-13)7-8-17-15/h1-9,17-18H,10,16H2. The number of nitrogens with two attached hydrogens (primary N) is 1. The van der Waals surface area contributed by atoms with E-state index in [1.165, 1.54) is 5.39 Å². The lowest BCUT2D eigenvalue weighted by atomic mass is 10.1. The van der Waals surface area contributed by atoms with Crippen LogP contribution in [0.25, 0.3) is 10.9 Å². The molecule has 0 saturated heterocycles. The Morgan fingerprint density at radius 3 is 2.83 bits per heavy atom. The van der Waals surface area contributed by atoms with E-state index in [-0.39, 0.29) is 0 Å². The van der Waals surface area contributed by atoms with Gasteiger partial charge in [0.25, 0.3) is 0 Å². The maximum atomic E-state index is 5.91. The third-order valence-corrected chi connectivity index (χ3v) is 3.09. The van der Waals surface area contributed by atoms with Gasteiger partial charge in [-0.25, -0.2) is 0 Å². The van der Waals surface area contributed by atoms with Crippen LogP contribution in [-0.2, 0) is 6.54 Å². The Morgan fingerprint density at radius 1 is 1.06 bits per heavy atom. The van der Waals surface area contributed by atoms with Crippen LogP contribution in [0.15, 0.2) is 54.7 Å². The third kappa shape index (κ3) is 2.02. The van der Waals surface area contributed by atoms with Gasteiger partial charge >= 0.3 is 0 Å². The molecule has 3 aromatic rings. The Labute approximate surface area is 106 Å². The van der Waals surface area contributed by atoms with Gasteiger partial charge in [0.05, 0.1) is 0 Å². The molecule has 18 heavy (non-hydrogen) atoms. The molecule has 4 N–H and O–H groups in total. The first-order valence-electron chi connectivity index (χ1n) is 5.97. The highest BCUT2D eigenvalue weighted by molar-refractivity contribution is 5.82. The van der Waals surface area contributed by atoms with Crippen molar-refractivity contribution in [3.63, 3.8) is 0 Å². The largest absolute Gasteiger partial charge is 0.398 e. The number of nitrogens with one attached hydrogen (secondary N) is 2. The van der Waals surface area contributed by atoms with E-state index in [0.717, 1.165) is 29.0 Å². The topological polar surface area (TPSA) is 53.8 Å². The zero-order valence-electron chi connectivity index (χ0n) is 9.98. The molecule has 2 aromatic carbocycles. The fourth-order valence-corrected chi connectivity index (χ4v) is 2.06. The van der Waals surface area contributed by atoms with Crippen molar-refractivity contribution in [1.82, 2.24) is 4.98 Å². The fraction of sp³-hybridized carbons (Fsp3) is 0.0667. The highest BCUT2D eigenvalue weighted by atomic mass is 14.9. The number of hydrogen-bond acceptors (Lipinski definition) is 2. The molecule has 0 atom stereocenters. The molecule has 0 radical (unpaired) electrons. The SMILES string of the molecule is Nc1ccccc1CNc1ccc2[nH]ccc2c1. The first-order valence-corrected chi connectivity index (χ1v) is 5.97. The van der Waals surface area contributed by atoms with E-state index in [2.05, 4.69) is 34.6 Å². The highest BCUT2D eigenvalue weighted by Gasteiger charge is 1.99. The quantitative estimate of drug-likeness (QED) is 0.612. The molecule has 0 aliphatic heterocycles. The van der Waals surface area contributed by atoms with E-state index in [4.69, 9.17) is 5.73 Å². The van der Waals surface area contributed by atoms with Crippen molar-refractivity contribution in [2.45, 2.75) is 6.54 Å². The molecule has 0 spiro atoms. The summed E-state index contributed by atoms with van der Waals surface area (Å²) in [6, 6.07) is 16.3. The van der Waals surface area contributed by atoms with Crippen LogP contribution < -0.4 is 11.1 Å². The van der Waals surface area contributed by atoms with Gasteiger partial charge in [0.1, 0.15) is 0 Å². The molecule has 0 bridgehead atoms. The molecule has 0 aliphatic carbocycles. The van der Waals surface area contributed by atoms with Crippen LogP contribution in [0.1, 0.15) is 5.56 Å². The first kappa shape index (κ1) is 10.7. The van der Waals surface area contributed by atoms with E-state index < -0.39 is 0 Å². The molecule has 0 aliphatic rings. The van der Waals surface area contributed by atoms with Crippen molar-refractivity contribution in [1.29, 1.82) is 0 Å². The van der Waals surface area contributed by atoms with E-state index in [1.54, 1.807) is 0 Å². The summed E-state index contributed by atoms with van der Waals surface area (Å²) in [6.07, 6.45) is 1.95. The van der Waals surface area contributed by atoms with Gasteiger partial charge in [-0.15, -0.1) is 0 Å². The van der Waals surface area contributed by atoms with E-state index in [0.29, 0.717) is 0 Å². The predicted octanol–water partition coefficient (Wildman–Crippen LogP) is 3.36. The number of aromatic nitrogens is 1. The number of benzene rings is 2. The number of aromatic amines is 1. The van der Waals surface area contributed by atoms with Crippen molar-refractivity contribution < 1.29 is 0 Å². The Bertz CT molecular complexity index is 670. The molecule has 1 heterocycles. The normalized spacial score (nSPS) is 10.7. The maximum absolute atomic E-state index is 5.91. The van der Waals surface area contributed by atoms with Crippen LogP contribution in [-0.4, -0.2) is 4.98 Å². The number of nitrogen functional groups attached to an aromatic ring is 1. The second-order valence-corrected chi connectivity index (χ2v) is 4.33. The zero-order chi connectivity index (χ0) is 12.4. The van der Waals surface area contributed by atoms with Crippen molar-refractivity contribution in [3.05, 3.63) is 60.3 Å². The van der Waals surface area contributed by atoms with E-state index in [1.807, 2.05) is 30.5 Å². The van der Waals surface area contributed by atoms with Crippen LogP contribution in [0.4, 0.5) is 11.4 Å². The lowest BCUT2D eigenvalue weighted by Crippen LogP contribution is -2.02. The Kier molecular flexibility index (Phi) is 2.65. The van der Waals surface area contributed by atoms with Gasteiger partial charge in [-0.3, -0.25) is 0 Å². The minimum absolute atomic E-state index is 0.739. The van der Waals surface area contributed by atoms with Crippen molar-refractivity contribution in [3.8, 4) is 0 Å². The lowest BCUT2D eigenvalue weighted by molar-refractivity contribution is 1.16. The summed E-state index contributed by atoms with van der Waals surface area (Å²) >= 11 is 0.